The Bertz CT molecular complexity index is 1280. The molecule has 1 fully saturated rings. The summed E-state index contributed by atoms with van der Waals surface area (Å²) in [6.07, 6.45) is 0. The maximum Gasteiger partial charge on any atom is 0.354 e. The van der Waals surface area contributed by atoms with Crippen LogP contribution >= 0.6 is 0 Å². The van der Waals surface area contributed by atoms with Gasteiger partial charge in [0.1, 0.15) is 0 Å². The zero-order valence-corrected chi connectivity index (χ0v) is 18.3. The number of benzene rings is 2. The van der Waals surface area contributed by atoms with Crippen LogP contribution in [0, 0.1) is 0 Å². The van der Waals surface area contributed by atoms with E-state index in [1.807, 2.05) is 42.5 Å². The van der Waals surface area contributed by atoms with Crippen LogP contribution in [0.1, 0.15) is 16.2 Å². The lowest BCUT2D eigenvalue weighted by atomic mass is 10.0. The molecule has 2 aromatic carbocycles. The van der Waals surface area contributed by atoms with Crippen molar-refractivity contribution in [2.45, 2.75) is 6.61 Å². The third kappa shape index (κ3) is 4.06. The molecule has 0 saturated carbocycles. The van der Waals surface area contributed by atoms with Crippen LogP contribution in [-0.4, -0.2) is 59.3 Å². The standard InChI is InChI=1S/C25H24N4O4/c1-32-16-22-23-20(17-7-9-18(10-8-17)28-11-13-33-14-12-28)15-21(25(30)31)26-24(23)29(27-22)19-5-3-2-4-6-19/h2-10,15H,11-14,16H2,1H3,(H,30,31). The van der Waals surface area contributed by atoms with Crippen molar-refractivity contribution in [3.8, 4) is 16.8 Å². The molecule has 168 valence electrons. The number of ether oxygens (including phenoxy) is 2. The second-order valence-corrected chi connectivity index (χ2v) is 7.83. The van der Waals surface area contributed by atoms with Crippen molar-refractivity contribution in [1.29, 1.82) is 0 Å². The first-order valence-electron chi connectivity index (χ1n) is 10.8. The molecule has 8 heteroatoms. The molecule has 5 rings (SSSR count). The summed E-state index contributed by atoms with van der Waals surface area (Å²) in [6, 6.07) is 19.3. The predicted octanol–water partition coefficient (Wildman–Crippen LogP) is 3.77. The van der Waals surface area contributed by atoms with Gasteiger partial charge in [-0.2, -0.15) is 5.10 Å². The molecule has 0 aliphatic carbocycles. The average Bonchev–Trinajstić information content (AvgIpc) is 3.23. The third-order valence-electron chi connectivity index (χ3n) is 5.77. The lowest BCUT2D eigenvalue weighted by Crippen LogP contribution is -2.36. The molecule has 1 aliphatic heterocycles. The minimum Gasteiger partial charge on any atom is -0.477 e. The zero-order chi connectivity index (χ0) is 22.8. The molecule has 0 atom stereocenters. The van der Waals surface area contributed by atoms with Crippen molar-refractivity contribution in [1.82, 2.24) is 14.8 Å². The van der Waals surface area contributed by atoms with Crippen LogP contribution in [0.3, 0.4) is 0 Å². The topological polar surface area (TPSA) is 89.7 Å². The summed E-state index contributed by atoms with van der Waals surface area (Å²) in [5.74, 6) is -1.09. The molecular formula is C25H24N4O4. The van der Waals surface area contributed by atoms with Gasteiger partial charge in [-0.25, -0.2) is 14.5 Å². The van der Waals surface area contributed by atoms with E-state index in [2.05, 4.69) is 22.0 Å². The fourth-order valence-electron chi connectivity index (χ4n) is 4.19. The molecule has 33 heavy (non-hydrogen) atoms. The van der Waals surface area contributed by atoms with Gasteiger partial charge < -0.3 is 19.5 Å². The second kappa shape index (κ2) is 9.01. The van der Waals surface area contributed by atoms with Crippen LogP contribution in [0.5, 0.6) is 0 Å². The number of hydrogen-bond donors (Lipinski definition) is 1. The average molecular weight is 444 g/mol. The largest absolute Gasteiger partial charge is 0.477 e. The number of morpholine rings is 1. The molecule has 4 aromatic rings. The molecule has 0 spiro atoms. The SMILES string of the molecule is COCc1nn(-c2ccccc2)c2nc(C(=O)O)cc(-c3ccc(N4CCOCC4)cc3)c12. The Balaban J connectivity index is 1.69. The van der Waals surface area contributed by atoms with Gasteiger partial charge in [-0.1, -0.05) is 30.3 Å². The zero-order valence-electron chi connectivity index (χ0n) is 18.3. The Kier molecular flexibility index (Phi) is 5.77. The van der Waals surface area contributed by atoms with E-state index in [4.69, 9.17) is 14.6 Å². The monoisotopic (exact) mass is 444 g/mol. The maximum atomic E-state index is 11.9. The molecule has 3 heterocycles. The minimum atomic E-state index is -1.09. The summed E-state index contributed by atoms with van der Waals surface area (Å²) in [6.45, 7) is 3.42. The number of fused-ring (bicyclic) bond motifs is 1. The Hall–Kier alpha value is -3.75. The second-order valence-electron chi connectivity index (χ2n) is 7.83. The summed E-state index contributed by atoms with van der Waals surface area (Å²) in [5, 5.41) is 15.3. The van der Waals surface area contributed by atoms with Crippen LogP contribution < -0.4 is 4.90 Å². The van der Waals surface area contributed by atoms with E-state index in [1.54, 1.807) is 17.9 Å². The highest BCUT2D eigenvalue weighted by atomic mass is 16.5. The van der Waals surface area contributed by atoms with Crippen molar-refractivity contribution in [2.24, 2.45) is 0 Å². The molecule has 0 bridgehead atoms. The van der Waals surface area contributed by atoms with Gasteiger partial charge in [-0.05, 0) is 41.5 Å². The van der Waals surface area contributed by atoms with E-state index >= 15 is 0 Å². The highest BCUT2D eigenvalue weighted by molar-refractivity contribution is 6.00. The van der Waals surface area contributed by atoms with Crippen molar-refractivity contribution in [3.05, 3.63) is 72.1 Å². The highest BCUT2D eigenvalue weighted by Gasteiger charge is 2.21. The number of methoxy groups -OCH3 is 1. The van der Waals surface area contributed by atoms with Gasteiger partial charge >= 0.3 is 5.97 Å². The van der Waals surface area contributed by atoms with E-state index in [-0.39, 0.29) is 12.3 Å². The van der Waals surface area contributed by atoms with Crippen molar-refractivity contribution < 1.29 is 19.4 Å². The summed E-state index contributed by atoms with van der Waals surface area (Å²) in [4.78, 5) is 18.7. The smallest absolute Gasteiger partial charge is 0.354 e. The maximum absolute atomic E-state index is 11.9. The lowest BCUT2D eigenvalue weighted by Gasteiger charge is -2.29. The molecule has 1 aliphatic rings. The van der Waals surface area contributed by atoms with Gasteiger partial charge in [0.05, 0.1) is 36.6 Å². The minimum absolute atomic E-state index is 0.0317. The van der Waals surface area contributed by atoms with E-state index in [1.165, 1.54) is 0 Å². The van der Waals surface area contributed by atoms with E-state index in [9.17, 15) is 9.90 Å². The van der Waals surface area contributed by atoms with Gasteiger partial charge in [0.15, 0.2) is 11.3 Å². The Morgan fingerprint density at radius 2 is 1.79 bits per heavy atom. The lowest BCUT2D eigenvalue weighted by molar-refractivity contribution is 0.0691. The van der Waals surface area contributed by atoms with E-state index < -0.39 is 5.97 Å². The van der Waals surface area contributed by atoms with Gasteiger partial charge in [0.2, 0.25) is 0 Å². The van der Waals surface area contributed by atoms with Crippen molar-refractivity contribution >= 4 is 22.7 Å². The van der Waals surface area contributed by atoms with Gasteiger partial charge in [0.25, 0.3) is 0 Å². The number of pyridine rings is 1. The molecule has 2 aromatic heterocycles. The molecule has 1 saturated heterocycles. The molecule has 0 radical (unpaired) electrons. The number of aromatic nitrogens is 3. The van der Waals surface area contributed by atoms with Crippen LogP contribution in [0.2, 0.25) is 0 Å². The number of aromatic carboxylic acids is 1. The first-order valence-corrected chi connectivity index (χ1v) is 10.8. The number of hydrogen-bond acceptors (Lipinski definition) is 6. The number of para-hydroxylation sites is 1. The summed E-state index contributed by atoms with van der Waals surface area (Å²) in [7, 11) is 1.61. The predicted molar refractivity (Wildman–Crippen MR) is 125 cm³/mol. The van der Waals surface area contributed by atoms with Crippen LogP contribution in [0.4, 0.5) is 5.69 Å². The van der Waals surface area contributed by atoms with E-state index in [0.29, 0.717) is 24.6 Å². The fraction of sp³-hybridized carbons (Fsp3) is 0.240. The molecule has 8 nitrogen and oxygen atoms in total. The quantitative estimate of drug-likeness (QED) is 0.484. The molecule has 0 unspecified atom stereocenters. The molecular weight excluding hydrogens is 420 g/mol. The first kappa shape index (κ1) is 21.1. The summed E-state index contributed by atoms with van der Waals surface area (Å²) >= 11 is 0. The number of carboxylic acid groups (broad SMARTS) is 1. The van der Waals surface area contributed by atoms with Gasteiger partial charge in [-0.15, -0.1) is 0 Å². The number of rotatable bonds is 6. The van der Waals surface area contributed by atoms with Crippen LogP contribution in [-0.2, 0) is 16.1 Å². The third-order valence-corrected chi connectivity index (χ3v) is 5.77. The van der Waals surface area contributed by atoms with Gasteiger partial charge in [-0.3, -0.25) is 0 Å². The summed E-state index contributed by atoms with van der Waals surface area (Å²) < 4.78 is 12.5. The number of nitrogens with zero attached hydrogens (tertiary/aromatic N) is 4. The Morgan fingerprint density at radius 1 is 1.06 bits per heavy atom. The normalized spacial score (nSPS) is 14.0. The molecule has 1 N–H and O–H groups in total. The van der Waals surface area contributed by atoms with E-state index in [0.717, 1.165) is 41.0 Å². The van der Waals surface area contributed by atoms with Crippen LogP contribution in [0.15, 0.2) is 60.7 Å². The molecule has 0 amide bonds. The number of carboxylic acids is 1. The highest BCUT2D eigenvalue weighted by Crippen LogP contribution is 2.34. The van der Waals surface area contributed by atoms with Crippen LogP contribution in [0.25, 0.3) is 27.8 Å². The summed E-state index contributed by atoms with van der Waals surface area (Å²) in [5.41, 5.74) is 4.73. The fourth-order valence-corrected chi connectivity index (χ4v) is 4.19. The van der Waals surface area contributed by atoms with Gasteiger partial charge in [0, 0.05) is 25.9 Å². The number of carbonyl (C=O) groups is 1. The first-order chi connectivity index (χ1) is 16.2. The Morgan fingerprint density at radius 3 is 2.45 bits per heavy atom. The van der Waals surface area contributed by atoms with Crippen molar-refractivity contribution in [3.63, 3.8) is 0 Å². The Labute approximate surface area is 191 Å². The van der Waals surface area contributed by atoms with Crippen molar-refractivity contribution in [2.75, 3.05) is 38.3 Å². The number of anilines is 1.